The molecule has 2 aromatic carbocycles. The molecule has 2 aliphatic rings. The molecule has 2 aliphatic heterocycles. The molecule has 34 heavy (non-hydrogen) atoms. The molecule has 1 fully saturated rings. The van der Waals surface area contributed by atoms with E-state index in [0.29, 0.717) is 30.3 Å². The van der Waals surface area contributed by atoms with E-state index in [1.54, 1.807) is 12.1 Å². The predicted octanol–water partition coefficient (Wildman–Crippen LogP) is 3.86. The van der Waals surface area contributed by atoms with Gasteiger partial charge in [-0.15, -0.1) is 0 Å². The Morgan fingerprint density at radius 3 is 2.50 bits per heavy atom. The quantitative estimate of drug-likeness (QED) is 0.605. The average molecular weight is 459 g/mol. The number of rotatable bonds is 6. The highest BCUT2D eigenvalue weighted by Gasteiger charge is 2.20. The molecular formula is C27H30N4O3. The molecule has 1 N–H and O–H groups in total. The van der Waals surface area contributed by atoms with Gasteiger partial charge in [-0.25, -0.2) is 0 Å². The molecule has 7 nitrogen and oxygen atoms in total. The van der Waals surface area contributed by atoms with Gasteiger partial charge in [-0.3, -0.25) is 14.7 Å². The van der Waals surface area contributed by atoms with Crippen LogP contribution < -0.4 is 19.7 Å². The van der Waals surface area contributed by atoms with Crippen LogP contribution in [0, 0.1) is 0 Å². The minimum atomic E-state index is -0.154. The number of hydrogen-bond acceptors (Lipinski definition) is 6. The first kappa shape index (κ1) is 22.2. The maximum atomic E-state index is 13.1. The largest absolute Gasteiger partial charge is 0.490 e. The molecule has 1 saturated heterocycles. The van der Waals surface area contributed by atoms with E-state index >= 15 is 0 Å². The van der Waals surface area contributed by atoms with Crippen molar-refractivity contribution in [3.05, 3.63) is 78.1 Å². The first-order chi connectivity index (χ1) is 16.8. The maximum Gasteiger partial charge on any atom is 0.255 e. The summed E-state index contributed by atoms with van der Waals surface area (Å²) in [5, 5.41) is 3.11. The third-order valence-electron chi connectivity index (χ3n) is 6.34. The molecule has 3 heterocycles. The molecule has 3 aromatic rings. The number of benzene rings is 2. The molecular weight excluding hydrogens is 428 g/mol. The molecule has 1 amide bonds. The number of fused-ring (bicyclic) bond motifs is 1. The number of ether oxygens (including phenoxy) is 2. The molecule has 1 aromatic heterocycles. The van der Waals surface area contributed by atoms with Gasteiger partial charge in [-0.2, -0.15) is 0 Å². The van der Waals surface area contributed by atoms with Crippen molar-refractivity contribution in [2.75, 3.05) is 56.2 Å². The van der Waals surface area contributed by atoms with Gasteiger partial charge in [0, 0.05) is 57.1 Å². The minimum Gasteiger partial charge on any atom is -0.490 e. The van der Waals surface area contributed by atoms with Crippen LogP contribution in [0.3, 0.4) is 0 Å². The standard InChI is InChI=1S/C27H30N4O3/c32-27(22-6-7-25-26(20-22)34-19-3-18-33-25)29-23-4-1-2-5-24(23)31-16-14-30(15-17-31)13-10-21-8-11-28-12-9-21/h1-2,4-9,11-12,20H,3,10,13-19H2,(H,29,32). The zero-order chi connectivity index (χ0) is 23.2. The molecule has 0 saturated carbocycles. The lowest BCUT2D eigenvalue weighted by atomic mass is 10.1. The van der Waals surface area contributed by atoms with Crippen LogP contribution in [0.1, 0.15) is 22.3 Å². The number of hydrogen-bond donors (Lipinski definition) is 1. The van der Waals surface area contributed by atoms with Gasteiger partial charge < -0.3 is 19.7 Å². The number of carbonyl (C=O) groups is 1. The molecule has 0 atom stereocenters. The van der Waals surface area contributed by atoms with Crippen LogP contribution in [0.2, 0.25) is 0 Å². The lowest BCUT2D eigenvalue weighted by molar-refractivity contribution is 0.102. The first-order valence-corrected chi connectivity index (χ1v) is 11.9. The molecule has 5 rings (SSSR count). The predicted molar refractivity (Wildman–Crippen MR) is 133 cm³/mol. The number of piperazine rings is 1. The van der Waals surface area contributed by atoms with E-state index in [-0.39, 0.29) is 5.91 Å². The van der Waals surface area contributed by atoms with E-state index < -0.39 is 0 Å². The Labute approximate surface area is 200 Å². The summed E-state index contributed by atoms with van der Waals surface area (Å²) in [4.78, 5) is 22.0. The summed E-state index contributed by atoms with van der Waals surface area (Å²) in [7, 11) is 0. The Morgan fingerprint density at radius 1 is 0.912 bits per heavy atom. The number of anilines is 2. The highest BCUT2D eigenvalue weighted by Crippen LogP contribution is 2.32. The Hall–Kier alpha value is -3.58. The summed E-state index contributed by atoms with van der Waals surface area (Å²) in [6.07, 6.45) is 5.57. The van der Waals surface area contributed by atoms with Gasteiger partial charge in [0.2, 0.25) is 0 Å². The van der Waals surface area contributed by atoms with Crippen molar-refractivity contribution in [2.24, 2.45) is 0 Å². The highest BCUT2D eigenvalue weighted by atomic mass is 16.5. The van der Waals surface area contributed by atoms with Crippen LogP contribution in [0.5, 0.6) is 11.5 Å². The summed E-state index contributed by atoms with van der Waals surface area (Å²) < 4.78 is 11.4. The molecule has 0 radical (unpaired) electrons. The molecule has 7 heteroatoms. The van der Waals surface area contributed by atoms with Gasteiger partial charge >= 0.3 is 0 Å². The third kappa shape index (κ3) is 5.31. The van der Waals surface area contributed by atoms with Crippen molar-refractivity contribution in [1.29, 1.82) is 0 Å². The van der Waals surface area contributed by atoms with Gasteiger partial charge in [0.25, 0.3) is 5.91 Å². The lowest BCUT2D eigenvalue weighted by Gasteiger charge is -2.37. The molecule has 0 bridgehead atoms. The van der Waals surface area contributed by atoms with Crippen molar-refractivity contribution in [1.82, 2.24) is 9.88 Å². The maximum absolute atomic E-state index is 13.1. The zero-order valence-corrected chi connectivity index (χ0v) is 19.3. The fraction of sp³-hybridized carbons (Fsp3) is 0.333. The average Bonchev–Trinajstić information content (AvgIpc) is 3.14. The number of aromatic nitrogens is 1. The molecule has 0 unspecified atom stereocenters. The van der Waals surface area contributed by atoms with Gasteiger partial charge in [0.15, 0.2) is 11.5 Å². The first-order valence-electron chi connectivity index (χ1n) is 11.9. The summed E-state index contributed by atoms with van der Waals surface area (Å²) >= 11 is 0. The van der Waals surface area contributed by atoms with Crippen LogP contribution in [0.25, 0.3) is 0 Å². The van der Waals surface area contributed by atoms with Crippen molar-refractivity contribution < 1.29 is 14.3 Å². The van der Waals surface area contributed by atoms with Crippen molar-refractivity contribution in [2.45, 2.75) is 12.8 Å². The Kier molecular flexibility index (Phi) is 6.91. The topological polar surface area (TPSA) is 66.9 Å². The Bertz CT molecular complexity index is 1110. The zero-order valence-electron chi connectivity index (χ0n) is 19.3. The smallest absolute Gasteiger partial charge is 0.255 e. The van der Waals surface area contributed by atoms with E-state index in [9.17, 15) is 4.79 Å². The molecule has 176 valence electrons. The molecule has 0 aliphatic carbocycles. The minimum absolute atomic E-state index is 0.154. The second-order valence-corrected chi connectivity index (χ2v) is 8.62. The fourth-order valence-electron chi connectivity index (χ4n) is 4.40. The molecule has 0 spiro atoms. The Morgan fingerprint density at radius 2 is 1.68 bits per heavy atom. The highest BCUT2D eigenvalue weighted by molar-refractivity contribution is 6.06. The van der Waals surface area contributed by atoms with Crippen LogP contribution in [-0.2, 0) is 6.42 Å². The van der Waals surface area contributed by atoms with Crippen LogP contribution in [0.4, 0.5) is 11.4 Å². The number of pyridine rings is 1. The number of carbonyl (C=O) groups excluding carboxylic acids is 1. The summed E-state index contributed by atoms with van der Waals surface area (Å²) in [6.45, 7) is 6.10. The lowest BCUT2D eigenvalue weighted by Crippen LogP contribution is -2.47. The van der Waals surface area contributed by atoms with E-state index in [4.69, 9.17) is 9.47 Å². The normalized spacial score (nSPS) is 16.1. The number of nitrogens with zero attached hydrogens (tertiary/aromatic N) is 3. The summed E-state index contributed by atoms with van der Waals surface area (Å²) in [5.41, 5.74) is 3.75. The van der Waals surface area contributed by atoms with Gasteiger partial charge in [-0.05, 0) is 54.4 Å². The van der Waals surface area contributed by atoms with E-state index in [2.05, 4.69) is 38.3 Å². The second kappa shape index (κ2) is 10.6. The van der Waals surface area contributed by atoms with Crippen LogP contribution in [-0.4, -0.2) is 61.7 Å². The van der Waals surface area contributed by atoms with Crippen molar-refractivity contribution in [3.63, 3.8) is 0 Å². The number of nitrogens with one attached hydrogen (secondary N) is 1. The van der Waals surface area contributed by atoms with Gasteiger partial charge in [-0.1, -0.05) is 12.1 Å². The van der Waals surface area contributed by atoms with Crippen LogP contribution >= 0.6 is 0 Å². The Balaban J connectivity index is 1.21. The summed E-state index contributed by atoms with van der Waals surface area (Å²) in [6, 6.07) is 17.5. The fourth-order valence-corrected chi connectivity index (χ4v) is 4.40. The number of para-hydroxylation sites is 2. The third-order valence-corrected chi connectivity index (χ3v) is 6.34. The SMILES string of the molecule is O=C(Nc1ccccc1N1CCN(CCc2ccncc2)CC1)c1ccc2c(c1)OCCCO2. The van der Waals surface area contributed by atoms with E-state index in [1.165, 1.54) is 5.56 Å². The van der Waals surface area contributed by atoms with Crippen LogP contribution in [0.15, 0.2) is 67.0 Å². The van der Waals surface area contributed by atoms with Crippen molar-refractivity contribution in [3.8, 4) is 11.5 Å². The van der Waals surface area contributed by atoms with E-state index in [1.807, 2.05) is 36.7 Å². The monoisotopic (exact) mass is 458 g/mol. The number of amides is 1. The van der Waals surface area contributed by atoms with Gasteiger partial charge in [0.05, 0.1) is 24.6 Å². The second-order valence-electron chi connectivity index (χ2n) is 8.62. The van der Waals surface area contributed by atoms with E-state index in [0.717, 1.165) is 56.9 Å². The van der Waals surface area contributed by atoms with Gasteiger partial charge in [0.1, 0.15) is 0 Å². The van der Waals surface area contributed by atoms with Crippen molar-refractivity contribution >= 4 is 17.3 Å². The summed E-state index contributed by atoms with van der Waals surface area (Å²) in [5.74, 6) is 1.16.